The van der Waals surface area contributed by atoms with Crippen molar-refractivity contribution in [3.8, 4) is 11.1 Å². The van der Waals surface area contributed by atoms with Gasteiger partial charge in [0, 0.05) is 17.2 Å². The van der Waals surface area contributed by atoms with Gasteiger partial charge in [0.2, 0.25) is 0 Å². The minimum Gasteiger partial charge on any atom is -0.295 e. The van der Waals surface area contributed by atoms with E-state index < -0.39 is 0 Å². The van der Waals surface area contributed by atoms with Crippen LogP contribution in [0, 0.1) is 17.3 Å². The summed E-state index contributed by atoms with van der Waals surface area (Å²) in [6, 6.07) is 17.3. The van der Waals surface area contributed by atoms with Crippen LogP contribution in [0.15, 0.2) is 76.2 Å². The molecule has 4 aliphatic carbocycles. The predicted molar refractivity (Wildman–Crippen MR) is 134 cm³/mol. The zero-order valence-electron chi connectivity index (χ0n) is 18.9. The van der Waals surface area contributed by atoms with Gasteiger partial charge < -0.3 is 0 Å². The van der Waals surface area contributed by atoms with E-state index in [4.69, 9.17) is 0 Å². The third-order valence-corrected chi connectivity index (χ3v) is 9.37. The zero-order chi connectivity index (χ0) is 21.9. The van der Waals surface area contributed by atoms with Gasteiger partial charge in [0.1, 0.15) is 0 Å². The summed E-state index contributed by atoms with van der Waals surface area (Å²) in [7, 11) is 0. The van der Waals surface area contributed by atoms with E-state index >= 15 is 0 Å². The molecular formula is C30H32OS. The monoisotopic (exact) mass is 440 g/mol. The third-order valence-electron chi connectivity index (χ3n) is 9.08. The molecule has 0 radical (unpaired) electrons. The van der Waals surface area contributed by atoms with Crippen LogP contribution in [0.1, 0.15) is 69.8 Å². The van der Waals surface area contributed by atoms with Crippen molar-refractivity contribution < 1.29 is 4.79 Å². The number of rotatable bonds is 2. The topological polar surface area (TPSA) is 17.1 Å². The lowest BCUT2D eigenvalue weighted by molar-refractivity contribution is -0.115. The summed E-state index contributed by atoms with van der Waals surface area (Å²) < 4.78 is 0. The molecule has 1 unspecified atom stereocenters. The summed E-state index contributed by atoms with van der Waals surface area (Å²) >= 11 is 4.40. The number of benzene rings is 2. The van der Waals surface area contributed by atoms with E-state index in [9.17, 15) is 4.79 Å². The summed E-state index contributed by atoms with van der Waals surface area (Å²) in [6.07, 6.45) is 11.8. The molecule has 4 atom stereocenters. The van der Waals surface area contributed by atoms with Gasteiger partial charge in [-0.1, -0.05) is 55.3 Å². The first-order valence-corrected chi connectivity index (χ1v) is 12.8. The van der Waals surface area contributed by atoms with Gasteiger partial charge in [-0.25, -0.2) is 0 Å². The Labute approximate surface area is 197 Å². The van der Waals surface area contributed by atoms with E-state index in [2.05, 4.69) is 56.0 Å². The summed E-state index contributed by atoms with van der Waals surface area (Å²) in [5.74, 6) is 2.15. The molecule has 2 heteroatoms. The molecule has 1 nitrogen and oxygen atoms in total. The van der Waals surface area contributed by atoms with Gasteiger partial charge in [-0.2, -0.15) is 0 Å². The van der Waals surface area contributed by atoms with Crippen LogP contribution in [0.25, 0.3) is 11.1 Å². The van der Waals surface area contributed by atoms with Crippen molar-refractivity contribution in [1.29, 1.82) is 0 Å². The van der Waals surface area contributed by atoms with Crippen molar-refractivity contribution in [2.75, 3.05) is 0 Å². The fourth-order valence-electron chi connectivity index (χ4n) is 7.47. The number of hydrogen-bond donors (Lipinski definition) is 1. The number of carbonyl (C=O) groups is 1. The SMILES string of the molecule is C[C@@]12CCC[C@H]1[C@@H]1CCC3=CC(=O)CC(c4ccc(-c5ccc(S)cc5)cc4)C3=C1CC2. The second kappa shape index (κ2) is 7.76. The van der Waals surface area contributed by atoms with Crippen LogP contribution >= 0.6 is 12.6 Å². The Bertz CT molecular complexity index is 1120. The molecule has 0 spiro atoms. The number of carbonyl (C=O) groups excluding carboxylic acids is 1. The maximum Gasteiger partial charge on any atom is 0.156 e. The Balaban J connectivity index is 1.38. The maximum absolute atomic E-state index is 12.7. The van der Waals surface area contributed by atoms with Crippen LogP contribution in [0.3, 0.4) is 0 Å². The standard InChI is InChI=1S/C30H32OS/c1-30-15-2-3-28(30)25-13-10-22-17-23(31)18-27(29(22)26(25)14-16-30)21-6-4-19(5-7-21)20-8-11-24(32)12-9-20/h4-9,11-12,17,25,27-28,32H,2-3,10,13-16,18H2,1H3/t25-,27?,28+,30+/m1/s1. The van der Waals surface area contributed by atoms with E-state index in [-0.39, 0.29) is 5.92 Å². The molecule has 0 amide bonds. The van der Waals surface area contributed by atoms with Crippen molar-refractivity contribution in [2.45, 2.75) is 69.1 Å². The molecule has 0 heterocycles. The summed E-state index contributed by atoms with van der Waals surface area (Å²) in [4.78, 5) is 13.7. The van der Waals surface area contributed by atoms with Gasteiger partial charge >= 0.3 is 0 Å². The highest BCUT2D eigenvalue weighted by atomic mass is 32.1. The lowest BCUT2D eigenvalue weighted by Gasteiger charge is -2.48. The minimum atomic E-state index is 0.236. The lowest BCUT2D eigenvalue weighted by atomic mass is 9.56. The molecule has 0 aliphatic heterocycles. The van der Waals surface area contributed by atoms with Crippen molar-refractivity contribution in [3.63, 3.8) is 0 Å². The van der Waals surface area contributed by atoms with Gasteiger partial charge in [-0.05, 0) is 102 Å². The molecule has 2 aromatic rings. The molecule has 0 N–H and O–H groups in total. The van der Waals surface area contributed by atoms with E-state index in [0.29, 0.717) is 17.6 Å². The third kappa shape index (κ3) is 3.34. The first-order chi connectivity index (χ1) is 15.5. The molecule has 164 valence electrons. The summed E-state index contributed by atoms with van der Waals surface area (Å²) in [6.45, 7) is 2.55. The highest BCUT2D eigenvalue weighted by Crippen LogP contribution is 2.61. The van der Waals surface area contributed by atoms with Crippen LogP contribution in [0.2, 0.25) is 0 Å². The van der Waals surface area contributed by atoms with E-state index in [1.165, 1.54) is 60.8 Å². The second-order valence-electron chi connectivity index (χ2n) is 10.8. The van der Waals surface area contributed by atoms with E-state index in [1.807, 2.05) is 18.2 Å². The summed E-state index contributed by atoms with van der Waals surface area (Å²) in [5, 5.41) is 0. The molecule has 2 saturated carbocycles. The normalized spacial score (nSPS) is 31.6. The molecule has 2 aromatic carbocycles. The maximum atomic E-state index is 12.7. The molecule has 2 fully saturated rings. The Kier molecular flexibility index (Phi) is 4.98. The Morgan fingerprint density at radius 1 is 0.906 bits per heavy atom. The highest BCUT2D eigenvalue weighted by Gasteiger charge is 2.49. The Hall–Kier alpha value is -2.06. The quantitative estimate of drug-likeness (QED) is 0.469. The molecule has 4 aliphatic rings. The average molecular weight is 441 g/mol. The molecule has 6 rings (SSSR count). The van der Waals surface area contributed by atoms with Crippen LogP contribution < -0.4 is 0 Å². The van der Waals surface area contributed by atoms with Crippen LogP contribution in [0.4, 0.5) is 0 Å². The largest absolute Gasteiger partial charge is 0.295 e. The molecule has 32 heavy (non-hydrogen) atoms. The molecule has 0 aromatic heterocycles. The number of thiol groups is 1. The molecular weight excluding hydrogens is 408 g/mol. The lowest BCUT2D eigenvalue weighted by Crippen LogP contribution is -2.37. The van der Waals surface area contributed by atoms with Crippen molar-refractivity contribution in [1.82, 2.24) is 0 Å². The number of ketones is 1. The number of hydrogen-bond acceptors (Lipinski definition) is 2. The van der Waals surface area contributed by atoms with E-state index in [0.717, 1.165) is 23.2 Å². The molecule has 0 bridgehead atoms. The van der Waals surface area contributed by atoms with Crippen molar-refractivity contribution in [2.24, 2.45) is 17.3 Å². The summed E-state index contributed by atoms with van der Waals surface area (Å²) in [5.41, 5.74) is 8.93. The van der Waals surface area contributed by atoms with Gasteiger partial charge in [-0.15, -0.1) is 12.6 Å². The first-order valence-electron chi connectivity index (χ1n) is 12.4. The smallest absolute Gasteiger partial charge is 0.156 e. The number of fused-ring (bicyclic) bond motifs is 4. The highest BCUT2D eigenvalue weighted by molar-refractivity contribution is 7.80. The van der Waals surface area contributed by atoms with Gasteiger partial charge in [0.05, 0.1) is 0 Å². The van der Waals surface area contributed by atoms with Crippen molar-refractivity contribution >= 4 is 18.4 Å². The molecule has 0 saturated heterocycles. The Morgan fingerprint density at radius 2 is 1.62 bits per heavy atom. The zero-order valence-corrected chi connectivity index (χ0v) is 19.8. The van der Waals surface area contributed by atoms with Crippen LogP contribution in [0.5, 0.6) is 0 Å². The number of allylic oxidation sites excluding steroid dienone is 4. The predicted octanol–water partition coefficient (Wildman–Crippen LogP) is 7.93. The van der Waals surface area contributed by atoms with Crippen LogP contribution in [-0.4, -0.2) is 5.78 Å². The minimum absolute atomic E-state index is 0.236. The average Bonchev–Trinajstić information content (AvgIpc) is 3.21. The van der Waals surface area contributed by atoms with E-state index in [1.54, 1.807) is 11.1 Å². The fourth-order valence-corrected chi connectivity index (χ4v) is 7.62. The van der Waals surface area contributed by atoms with Crippen LogP contribution in [-0.2, 0) is 4.79 Å². The second-order valence-corrected chi connectivity index (χ2v) is 11.3. The fraction of sp³-hybridized carbons (Fsp3) is 0.433. The Morgan fingerprint density at radius 3 is 2.38 bits per heavy atom. The van der Waals surface area contributed by atoms with Crippen molar-refractivity contribution in [3.05, 3.63) is 76.9 Å². The van der Waals surface area contributed by atoms with Gasteiger partial charge in [-0.3, -0.25) is 4.79 Å². The van der Waals surface area contributed by atoms with Gasteiger partial charge in [0.25, 0.3) is 0 Å². The first kappa shape index (κ1) is 20.5. The van der Waals surface area contributed by atoms with Gasteiger partial charge in [0.15, 0.2) is 5.78 Å².